The molecule has 3 unspecified atom stereocenters. The van der Waals surface area contributed by atoms with Crippen LogP contribution in [-0.4, -0.2) is 42.4 Å². The Balaban J connectivity index is 1.39. The second-order valence-electron chi connectivity index (χ2n) is 9.88. The number of fused-ring (bicyclic) bond motifs is 1. The van der Waals surface area contributed by atoms with E-state index in [-0.39, 0.29) is 29.4 Å². The summed E-state index contributed by atoms with van der Waals surface area (Å²) in [6.45, 7) is 6.01. The van der Waals surface area contributed by atoms with Crippen LogP contribution in [0, 0.1) is 11.7 Å². The van der Waals surface area contributed by atoms with Gasteiger partial charge < -0.3 is 14.6 Å². The summed E-state index contributed by atoms with van der Waals surface area (Å²) in [4.78, 5) is 2.28. The van der Waals surface area contributed by atoms with E-state index in [0.717, 1.165) is 53.1 Å². The van der Waals surface area contributed by atoms with E-state index in [0.29, 0.717) is 12.4 Å². The van der Waals surface area contributed by atoms with Crippen LogP contribution in [0.3, 0.4) is 0 Å². The molecule has 1 N–H and O–H groups in total. The lowest BCUT2D eigenvalue weighted by molar-refractivity contribution is 0.165. The maximum atomic E-state index is 13.9. The summed E-state index contributed by atoms with van der Waals surface area (Å²) in [5, 5.41) is 10.1. The zero-order valence-corrected chi connectivity index (χ0v) is 21.6. The number of ether oxygens (including phenoxy) is 2. The average molecular weight is 526 g/mol. The van der Waals surface area contributed by atoms with Gasteiger partial charge in [-0.1, -0.05) is 29.8 Å². The number of halogens is 3. The number of nitrogens with zero attached hydrogens (tertiary/aromatic N) is 1. The molecule has 1 fully saturated rings. The van der Waals surface area contributed by atoms with Gasteiger partial charge >= 0.3 is 0 Å². The molecular weight excluding hydrogens is 496 g/mol. The Morgan fingerprint density at radius 2 is 1.92 bits per heavy atom. The highest BCUT2D eigenvalue weighted by molar-refractivity contribution is 6.31. The normalized spacial score (nSPS) is 20.5. The maximum Gasteiger partial charge on any atom is 0.150 e. The predicted molar refractivity (Wildman–Crippen MR) is 142 cm³/mol. The highest BCUT2D eigenvalue weighted by atomic mass is 35.5. The summed E-state index contributed by atoms with van der Waals surface area (Å²) in [6, 6.07) is 17.6. The van der Waals surface area contributed by atoms with Crippen LogP contribution >= 0.6 is 11.6 Å². The number of allylic oxidation sites excluding steroid dienone is 1. The highest BCUT2D eigenvalue weighted by Crippen LogP contribution is 2.47. The molecule has 0 aliphatic carbocycles. The molecule has 0 radical (unpaired) electrons. The van der Waals surface area contributed by atoms with Crippen LogP contribution < -0.4 is 9.47 Å². The van der Waals surface area contributed by atoms with Crippen molar-refractivity contribution in [3.8, 4) is 17.2 Å². The van der Waals surface area contributed by atoms with Gasteiger partial charge in [-0.25, -0.2) is 4.39 Å². The van der Waals surface area contributed by atoms with Crippen LogP contribution in [0.4, 0.5) is 8.78 Å². The summed E-state index contributed by atoms with van der Waals surface area (Å²) in [5.41, 5.74) is 4.18. The third-order valence-corrected chi connectivity index (χ3v) is 7.63. The molecule has 0 spiro atoms. The van der Waals surface area contributed by atoms with Gasteiger partial charge in [-0.15, -0.1) is 0 Å². The van der Waals surface area contributed by atoms with Crippen molar-refractivity contribution in [2.45, 2.75) is 32.4 Å². The first-order valence-corrected chi connectivity index (χ1v) is 12.9. The average Bonchev–Trinajstić information content (AvgIpc) is 3.39. The lowest BCUT2D eigenvalue weighted by Gasteiger charge is -2.31. The molecule has 0 bridgehead atoms. The second-order valence-corrected chi connectivity index (χ2v) is 10.3. The van der Waals surface area contributed by atoms with Gasteiger partial charge in [0.1, 0.15) is 35.8 Å². The van der Waals surface area contributed by atoms with Crippen LogP contribution in [0.25, 0.3) is 11.1 Å². The van der Waals surface area contributed by atoms with Crippen molar-refractivity contribution in [3.63, 3.8) is 0 Å². The van der Waals surface area contributed by atoms with Crippen LogP contribution in [-0.2, 0) is 0 Å². The second kappa shape index (κ2) is 10.7. The summed E-state index contributed by atoms with van der Waals surface area (Å²) >= 11 is 6.13. The molecule has 0 aromatic heterocycles. The van der Waals surface area contributed by atoms with Gasteiger partial charge in [0.15, 0.2) is 0 Å². The fraction of sp³-hybridized carbons (Fsp3) is 0.333. The van der Waals surface area contributed by atoms with Crippen molar-refractivity contribution in [2.24, 2.45) is 5.92 Å². The Labute approximate surface area is 221 Å². The minimum atomic E-state index is -0.486. The number of hydrogen-bond donors (Lipinski definition) is 1. The molecule has 0 saturated carbocycles. The summed E-state index contributed by atoms with van der Waals surface area (Å²) < 4.78 is 39.4. The van der Waals surface area contributed by atoms with E-state index in [2.05, 4.69) is 11.8 Å². The number of phenolic OH excluding ortho intramolecular Hbond substituents is 1. The molecular formula is C30H30ClF2NO3. The van der Waals surface area contributed by atoms with Crippen LogP contribution in [0.15, 0.2) is 60.7 Å². The lowest BCUT2D eigenvalue weighted by Crippen LogP contribution is -2.35. The smallest absolute Gasteiger partial charge is 0.150 e. The van der Waals surface area contributed by atoms with Gasteiger partial charge in [-0.2, -0.15) is 0 Å². The monoisotopic (exact) mass is 525 g/mol. The molecule has 1 saturated heterocycles. The van der Waals surface area contributed by atoms with Crippen LogP contribution in [0.5, 0.6) is 17.2 Å². The van der Waals surface area contributed by atoms with Crippen molar-refractivity contribution in [1.29, 1.82) is 0 Å². The van der Waals surface area contributed by atoms with E-state index in [9.17, 15) is 13.9 Å². The van der Waals surface area contributed by atoms with E-state index >= 15 is 0 Å². The first-order valence-electron chi connectivity index (χ1n) is 12.5. The largest absolute Gasteiger partial charge is 0.508 e. The number of likely N-dealkylation sites (tertiary alicyclic amines) is 1. The zero-order valence-electron chi connectivity index (χ0n) is 20.9. The molecule has 5 rings (SSSR count). The summed E-state index contributed by atoms with van der Waals surface area (Å²) in [7, 11) is 0. The molecule has 3 atom stereocenters. The van der Waals surface area contributed by atoms with E-state index in [1.807, 2.05) is 31.2 Å². The number of benzene rings is 3. The van der Waals surface area contributed by atoms with Gasteiger partial charge in [0, 0.05) is 29.6 Å². The minimum Gasteiger partial charge on any atom is -0.508 e. The Morgan fingerprint density at radius 1 is 1.14 bits per heavy atom. The molecule has 4 nitrogen and oxygen atoms in total. The molecule has 3 aromatic rings. The number of alkyl halides is 1. The van der Waals surface area contributed by atoms with Crippen molar-refractivity contribution >= 4 is 22.7 Å². The molecule has 37 heavy (non-hydrogen) atoms. The molecule has 7 heteroatoms. The van der Waals surface area contributed by atoms with Gasteiger partial charge in [0.2, 0.25) is 0 Å². The molecule has 2 aliphatic rings. The van der Waals surface area contributed by atoms with Crippen molar-refractivity contribution < 1.29 is 23.4 Å². The zero-order chi connectivity index (χ0) is 26.1. The Kier molecular flexibility index (Phi) is 7.40. The Bertz CT molecular complexity index is 1310. The number of aromatic hydroxyl groups is 1. The lowest BCUT2D eigenvalue weighted by atomic mass is 9.86. The summed E-state index contributed by atoms with van der Waals surface area (Å²) in [6.07, 6.45) is 0.433. The minimum absolute atomic E-state index is 0.0342. The SMILES string of the molecule is CC1=C(c2ccc(F)c(Cl)c2)C(c2ccc(OCC(C)N3CCC(CF)C3)cc2)Oc2ccc(O)cc21. The fourth-order valence-corrected chi connectivity index (χ4v) is 5.34. The van der Waals surface area contributed by atoms with Crippen LogP contribution in [0.2, 0.25) is 5.02 Å². The Morgan fingerprint density at radius 3 is 2.62 bits per heavy atom. The molecule has 194 valence electrons. The van der Waals surface area contributed by atoms with E-state index in [1.165, 1.54) is 6.07 Å². The quantitative estimate of drug-likeness (QED) is 0.351. The van der Waals surface area contributed by atoms with Crippen molar-refractivity contribution in [1.82, 2.24) is 4.90 Å². The van der Waals surface area contributed by atoms with Crippen LogP contribution in [0.1, 0.15) is 43.1 Å². The third kappa shape index (κ3) is 5.32. The fourth-order valence-electron chi connectivity index (χ4n) is 5.16. The Hall–Kier alpha value is -3.09. The number of hydrogen-bond acceptors (Lipinski definition) is 4. The first kappa shape index (κ1) is 25.6. The highest BCUT2D eigenvalue weighted by Gasteiger charge is 2.30. The molecule has 2 aliphatic heterocycles. The van der Waals surface area contributed by atoms with Gasteiger partial charge in [-0.3, -0.25) is 9.29 Å². The molecule has 3 aromatic carbocycles. The number of phenols is 1. The standard InChI is InChI=1S/C30H30ClF2NO3/c1-18(34-12-11-20(15-32)16-34)17-36-24-7-3-21(4-8-24)30-29(22-5-9-27(33)26(31)13-22)19(2)25-14-23(35)6-10-28(25)37-30/h3-10,13-14,18,20,30,35H,11-12,15-17H2,1-2H3. The third-order valence-electron chi connectivity index (χ3n) is 7.34. The van der Waals surface area contributed by atoms with E-state index in [4.69, 9.17) is 21.1 Å². The molecule has 2 heterocycles. The van der Waals surface area contributed by atoms with E-state index in [1.54, 1.807) is 30.3 Å². The van der Waals surface area contributed by atoms with Crippen molar-refractivity contribution in [2.75, 3.05) is 26.4 Å². The topological polar surface area (TPSA) is 41.9 Å². The predicted octanol–water partition coefficient (Wildman–Crippen LogP) is 7.31. The van der Waals surface area contributed by atoms with E-state index < -0.39 is 11.9 Å². The maximum absolute atomic E-state index is 13.9. The summed E-state index contributed by atoms with van der Waals surface area (Å²) in [5.74, 6) is 1.18. The number of rotatable bonds is 7. The first-order chi connectivity index (χ1) is 17.8. The molecule has 0 amide bonds. The van der Waals surface area contributed by atoms with Gasteiger partial charge in [-0.05, 0) is 86.0 Å². The van der Waals surface area contributed by atoms with Gasteiger partial charge in [0.25, 0.3) is 0 Å². The van der Waals surface area contributed by atoms with Gasteiger partial charge in [0.05, 0.1) is 11.7 Å². The van der Waals surface area contributed by atoms with Crippen molar-refractivity contribution in [3.05, 3.63) is 88.2 Å².